The number of nitrogens with zero attached hydrogens (tertiary/aromatic N) is 3. The van der Waals surface area contributed by atoms with Gasteiger partial charge in [0.15, 0.2) is 5.96 Å². The van der Waals surface area contributed by atoms with Crippen molar-refractivity contribution in [2.75, 3.05) is 19.6 Å². The summed E-state index contributed by atoms with van der Waals surface area (Å²) in [5, 5.41) is 21.1. The zero-order valence-electron chi connectivity index (χ0n) is 15.6. The largest absolute Gasteiger partial charge is 0.383 e. The second-order valence-electron chi connectivity index (χ2n) is 6.36. The molecule has 0 saturated heterocycles. The minimum Gasteiger partial charge on any atom is -0.383 e. The fraction of sp³-hybridized carbons (Fsp3) is 0.368. The number of aromatic nitrogens is 2. The first kappa shape index (κ1) is 21.6. The first-order valence-corrected chi connectivity index (χ1v) is 9.72. The smallest absolute Gasteiger partial charge is 0.191 e. The Labute approximate surface area is 180 Å². The number of guanidine groups is 1. The number of aliphatic hydroxyl groups is 1. The van der Waals surface area contributed by atoms with Gasteiger partial charge in [0, 0.05) is 31.9 Å². The van der Waals surface area contributed by atoms with Gasteiger partial charge in [-0.3, -0.25) is 0 Å². The molecule has 0 radical (unpaired) electrons. The van der Waals surface area contributed by atoms with Crippen molar-refractivity contribution >= 4 is 46.9 Å². The van der Waals surface area contributed by atoms with E-state index in [1.165, 1.54) is 0 Å². The van der Waals surface area contributed by atoms with Crippen LogP contribution in [-0.4, -0.2) is 40.1 Å². The highest BCUT2D eigenvalue weighted by Gasteiger charge is 2.23. The Kier molecular flexibility index (Phi) is 8.06. The molecular weight excluding hydrogens is 473 g/mol. The number of hydrogen-bond donors (Lipinski definition) is 3. The molecule has 0 aliphatic carbocycles. The van der Waals surface area contributed by atoms with Crippen LogP contribution < -0.4 is 10.6 Å². The molecule has 8 heteroatoms. The zero-order chi connectivity index (χ0) is 18.4. The Morgan fingerprint density at radius 2 is 2.19 bits per heavy atom. The van der Waals surface area contributed by atoms with Crippen LogP contribution in [0.3, 0.4) is 0 Å². The fourth-order valence-corrected chi connectivity index (χ4v) is 3.44. The van der Waals surface area contributed by atoms with Crippen LogP contribution in [0, 0.1) is 0 Å². The van der Waals surface area contributed by atoms with Crippen molar-refractivity contribution in [3.05, 3.63) is 58.7 Å². The van der Waals surface area contributed by atoms with Crippen molar-refractivity contribution < 1.29 is 5.11 Å². The average Bonchev–Trinajstić information content (AvgIpc) is 3.29. The number of imidazole rings is 1. The van der Waals surface area contributed by atoms with Gasteiger partial charge in [-0.05, 0) is 48.4 Å². The van der Waals surface area contributed by atoms with Crippen LogP contribution in [0.1, 0.15) is 25.1 Å². The summed E-state index contributed by atoms with van der Waals surface area (Å²) >= 11 is 1.58. The van der Waals surface area contributed by atoms with Gasteiger partial charge >= 0.3 is 0 Å². The summed E-state index contributed by atoms with van der Waals surface area (Å²) in [5.41, 5.74) is 1.91. The molecule has 146 valence electrons. The molecule has 0 bridgehead atoms. The van der Waals surface area contributed by atoms with E-state index in [1.807, 2.05) is 58.7 Å². The van der Waals surface area contributed by atoms with Crippen molar-refractivity contribution in [3.8, 4) is 0 Å². The molecule has 0 saturated carbocycles. The molecule has 3 heterocycles. The van der Waals surface area contributed by atoms with Crippen molar-refractivity contribution in [2.24, 2.45) is 4.99 Å². The molecule has 0 aliphatic heterocycles. The maximum atomic E-state index is 10.6. The van der Waals surface area contributed by atoms with Crippen molar-refractivity contribution in [1.82, 2.24) is 20.0 Å². The standard InChI is InChI=1S/C19H25N5OS.HI/c1-3-20-18(22-14-19(2,25)15-8-11-26-13-15)21-9-7-16-12-24-10-5-4-6-17(24)23-16;/h4-6,8,10-13,25H,3,7,9,14H2,1-2H3,(H2,20,21,22);1H. The maximum absolute atomic E-state index is 10.6. The third-order valence-electron chi connectivity index (χ3n) is 4.12. The summed E-state index contributed by atoms with van der Waals surface area (Å²) in [6.07, 6.45) is 4.84. The minimum absolute atomic E-state index is 0. The highest BCUT2D eigenvalue weighted by atomic mass is 127. The van der Waals surface area contributed by atoms with Gasteiger partial charge in [0.2, 0.25) is 0 Å². The van der Waals surface area contributed by atoms with E-state index >= 15 is 0 Å². The quantitative estimate of drug-likeness (QED) is 0.266. The van der Waals surface area contributed by atoms with E-state index in [0.717, 1.165) is 36.4 Å². The second kappa shape index (κ2) is 10.0. The van der Waals surface area contributed by atoms with E-state index < -0.39 is 5.60 Å². The van der Waals surface area contributed by atoms with Gasteiger partial charge < -0.3 is 20.1 Å². The molecule has 0 spiro atoms. The number of nitrogens with one attached hydrogen (secondary N) is 2. The summed E-state index contributed by atoms with van der Waals surface area (Å²) in [5.74, 6) is 0.701. The number of hydrogen-bond acceptors (Lipinski definition) is 4. The molecule has 6 nitrogen and oxygen atoms in total. The number of thiophene rings is 1. The average molecular weight is 499 g/mol. The van der Waals surface area contributed by atoms with Crippen LogP contribution >= 0.6 is 35.3 Å². The van der Waals surface area contributed by atoms with E-state index in [1.54, 1.807) is 18.3 Å². The zero-order valence-corrected chi connectivity index (χ0v) is 18.7. The molecule has 3 aromatic rings. The molecule has 1 atom stereocenters. The topological polar surface area (TPSA) is 74.0 Å². The molecule has 1 unspecified atom stereocenters. The van der Waals surface area contributed by atoms with Gasteiger partial charge in [0.25, 0.3) is 0 Å². The Hall–Kier alpha value is -1.65. The van der Waals surface area contributed by atoms with Crippen LogP contribution in [0.2, 0.25) is 0 Å². The Morgan fingerprint density at radius 1 is 1.33 bits per heavy atom. The Morgan fingerprint density at radius 3 is 2.89 bits per heavy atom. The number of pyridine rings is 1. The molecule has 0 aromatic carbocycles. The van der Waals surface area contributed by atoms with E-state index in [9.17, 15) is 5.11 Å². The molecule has 3 N–H and O–H groups in total. The van der Waals surface area contributed by atoms with Gasteiger partial charge in [-0.15, -0.1) is 24.0 Å². The summed E-state index contributed by atoms with van der Waals surface area (Å²) in [6, 6.07) is 7.91. The van der Waals surface area contributed by atoms with Gasteiger partial charge in [0.1, 0.15) is 11.2 Å². The van der Waals surface area contributed by atoms with E-state index in [2.05, 4.69) is 20.6 Å². The third-order valence-corrected chi connectivity index (χ3v) is 4.80. The van der Waals surface area contributed by atoms with E-state index in [4.69, 9.17) is 0 Å². The van der Waals surface area contributed by atoms with Crippen LogP contribution in [-0.2, 0) is 12.0 Å². The Bertz CT molecular complexity index is 827. The van der Waals surface area contributed by atoms with Gasteiger partial charge in [-0.25, -0.2) is 9.98 Å². The van der Waals surface area contributed by atoms with Gasteiger partial charge in [0.05, 0.1) is 12.2 Å². The molecule has 0 aliphatic rings. The number of rotatable bonds is 7. The molecule has 27 heavy (non-hydrogen) atoms. The minimum atomic E-state index is -0.968. The third kappa shape index (κ3) is 5.91. The predicted molar refractivity (Wildman–Crippen MR) is 122 cm³/mol. The number of aliphatic imine (C=N–C) groups is 1. The first-order valence-electron chi connectivity index (χ1n) is 8.78. The monoisotopic (exact) mass is 499 g/mol. The Balaban J connectivity index is 0.00000261. The summed E-state index contributed by atoms with van der Waals surface area (Å²) in [7, 11) is 0. The lowest BCUT2D eigenvalue weighted by Gasteiger charge is -2.21. The molecule has 3 rings (SSSR count). The maximum Gasteiger partial charge on any atom is 0.191 e. The SMILES string of the molecule is CCNC(=NCC(C)(O)c1ccsc1)NCCc1cn2ccccc2n1.I. The highest BCUT2D eigenvalue weighted by molar-refractivity contribution is 14.0. The molecule has 0 amide bonds. The summed E-state index contributed by atoms with van der Waals surface area (Å²) < 4.78 is 2.02. The molecule has 3 aromatic heterocycles. The normalized spacial score (nSPS) is 13.8. The van der Waals surface area contributed by atoms with Crippen LogP contribution in [0.15, 0.2) is 52.4 Å². The van der Waals surface area contributed by atoms with Crippen LogP contribution in [0.25, 0.3) is 5.65 Å². The summed E-state index contributed by atoms with van der Waals surface area (Å²) in [4.78, 5) is 9.14. The number of fused-ring (bicyclic) bond motifs is 1. The van der Waals surface area contributed by atoms with Crippen LogP contribution in [0.5, 0.6) is 0 Å². The van der Waals surface area contributed by atoms with E-state index in [-0.39, 0.29) is 24.0 Å². The van der Waals surface area contributed by atoms with Gasteiger partial charge in [-0.2, -0.15) is 11.3 Å². The molecular formula is C19H26IN5OS. The number of halogens is 1. The lowest BCUT2D eigenvalue weighted by atomic mass is 10.00. The lowest BCUT2D eigenvalue weighted by Crippen LogP contribution is -2.39. The van der Waals surface area contributed by atoms with Crippen molar-refractivity contribution in [3.63, 3.8) is 0 Å². The summed E-state index contributed by atoms with van der Waals surface area (Å²) in [6.45, 7) is 5.60. The lowest BCUT2D eigenvalue weighted by molar-refractivity contribution is 0.0677. The highest BCUT2D eigenvalue weighted by Crippen LogP contribution is 2.23. The van der Waals surface area contributed by atoms with Crippen LogP contribution in [0.4, 0.5) is 0 Å². The fourth-order valence-electron chi connectivity index (χ4n) is 2.65. The van der Waals surface area contributed by atoms with Crippen molar-refractivity contribution in [1.29, 1.82) is 0 Å². The molecule has 0 fully saturated rings. The second-order valence-corrected chi connectivity index (χ2v) is 7.14. The van der Waals surface area contributed by atoms with Crippen molar-refractivity contribution in [2.45, 2.75) is 25.9 Å². The van der Waals surface area contributed by atoms with Gasteiger partial charge in [-0.1, -0.05) is 6.07 Å². The predicted octanol–water partition coefficient (Wildman–Crippen LogP) is 3.02. The first-order chi connectivity index (χ1) is 12.6. The van der Waals surface area contributed by atoms with E-state index in [0.29, 0.717) is 12.5 Å².